The molecule has 0 amide bonds. The number of hydrogen-bond donors (Lipinski definition) is 1. The molecule has 2 heteroatoms. The van der Waals surface area contributed by atoms with Gasteiger partial charge in [-0.25, -0.2) is 0 Å². The Morgan fingerprint density at radius 1 is 1.36 bits per heavy atom. The largest absolute Gasteiger partial charge is 0.316 e. The summed E-state index contributed by atoms with van der Waals surface area (Å²) in [5, 5.41) is 3.35. The first-order valence-electron chi connectivity index (χ1n) is 6.10. The number of likely N-dealkylation sites (N-methyl/N-ethyl adjacent to an activating group) is 2. The van der Waals surface area contributed by atoms with Crippen molar-refractivity contribution in [2.75, 3.05) is 20.1 Å². The van der Waals surface area contributed by atoms with Crippen LogP contribution in [-0.2, 0) is 0 Å². The van der Waals surface area contributed by atoms with E-state index in [9.17, 15) is 0 Å². The van der Waals surface area contributed by atoms with Gasteiger partial charge in [-0.05, 0) is 46.2 Å². The first-order valence-corrected chi connectivity index (χ1v) is 6.10. The van der Waals surface area contributed by atoms with E-state index in [1.807, 2.05) is 0 Å². The molecule has 0 aromatic heterocycles. The molecule has 0 aliphatic heterocycles. The number of nitrogens with zero attached hydrogens (tertiary/aromatic N) is 1. The zero-order valence-corrected chi connectivity index (χ0v) is 10.2. The first kappa shape index (κ1) is 12.0. The molecule has 2 unspecified atom stereocenters. The molecular formula is C12H26N2. The van der Waals surface area contributed by atoms with Crippen molar-refractivity contribution in [1.82, 2.24) is 10.2 Å². The Balaban J connectivity index is 2.34. The molecule has 0 aromatic rings. The Hall–Kier alpha value is -0.0800. The van der Waals surface area contributed by atoms with E-state index in [-0.39, 0.29) is 0 Å². The average Bonchev–Trinajstić information content (AvgIpc) is 2.14. The molecule has 1 rings (SSSR count). The van der Waals surface area contributed by atoms with Crippen LogP contribution in [0.5, 0.6) is 0 Å². The summed E-state index contributed by atoms with van der Waals surface area (Å²) in [6, 6.07) is 1.25. The third kappa shape index (κ3) is 2.96. The van der Waals surface area contributed by atoms with Crippen molar-refractivity contribution in [3.8, 4) is 0 Å². The molecular weight excluding hydrogens is 172 g/mol. The van der Waals surface area contributed by atoms with Gasteiger partial charge in [-0.15, -0.1) is 0 Å². The maximum atomic E-state index is 3.35. The van der Waals surface area contributed by atoms with E-state index in [4.69, 9.17) is 0 Å². The molecule has 0 spiro atoms. The van der Waals surface area contributed by atoms with Crippen LogP contribution in [0.1, 0.15) is 40.0 Å². The van der Waals surface area contributed by atoms with Crippen LogP contribution < -0.4 is 5.32 Å². The number of rotatable bonds is 6. The van der Waals surface area contributed by atoms with E-state index in [1.54, 1.807) is 0 Å². The normalized spacial score (nSPS) is 22.1. The third-order valence-corrected chi connectivity index (χ3v) is 3.88. The van der Waals surface area contributed by atoms with Crippen molar-refractivity contribution in [2.24, 2.45) is 5.92 Å². The summed E-state index contributed by atoms with van der Waals surface area (Å²) in [6.07, 6.45) is 4.37. The van der Waals surface area contributed by atoms with E-state index in [0.29, 0.717) is 12.1 Å². The molecule has 0 bridgehead atoms. The second kappa shape index (κ2) is 5.72. The second-order valence-electron chi connectivity index (χ2n) is 4.70. The maximum absolute atomic E-state index is 3.35. The van der Waals surface area contributed by atoms with Gasteiger partial charge in [0.1, 0.15) is 0 Å². The zero-order chi connectivity index (χ0) is 10.6. The van der Waals surface area contributed by atoms with Gasteiger partial charge in [-0.1, -0.05) is 13.3 Å². The van der Waals surface area contributed by atoms with Crippen LogP contribution in [0, 0.1) is 5.92 Å². The fraction of sp³-hybridized carbons (Fsp3) is 1.00. The monoisotopic (exact) mass is 198 g/mol. The highest BCUT2D eigenvalue weighted by atomic mass is 15.2. The summed E-state index contributed by atoms with van der Waals surface area (Å²) in [7, 11) is 2.05. The van der Waals surface area contributed by atoms with Crippen LogP contribution in [-0.4, -0.2) is 37.1 Å². The minimum Gasteiger partial charge on any atom is -0.316 e. The van der Waals surface area contributed by atoms with Gasteiger partial charge < -0.3 is 5.32 Å². The molecule has 2 nitrogen and oxygen atoms in total. The molecule has 1 aliphatic rings. The van der Waals surface area contributed by atoms with Crippen molar-refractivity contribution in [1.29, 1.82) is 0 Å². The van der Waals surface area contributed by atoms with Gasteiger partial charge in [0.15, 0.2) is 0 Å². The van der Waals surface area contributed by atoms with Gasteiger partial charge in [0.2, 0.25) is 0 Å². The van der Waals surface area contributed by atoms with E-state index < -0.39 is 0 Å². The van der Waals surface area contributed by atoms with Gasteiger partial charge in [0.05, 0.1) is 0 Å². The molecule has 0 saturated heterocycles. The second-order valence-corrected chi connectivity index (χ2v) is 4.70. The molecule has 1 N–H and O–H groups in total. The lowest BCUT2D eigenvalue weighted by molar-refractivity contribution is 0.128. The fourth-order valence-corrected chi connectivity index (χ4v) is 2.15. The predicted molar refractivity (Wildman–Crippen MR) is 62.6 cm³/mol. The average molecular weight is 198 g/mol. The minimum absolute atomic E-state index is 0.593. The molecule has 0 radical (unpaired) electrons. The van der Waals surface area contributed by atoms with Gasteiger partial charge in [-0.3, -0.25) is 4.90 Å². The molecule has 0 heterocycles. The first-order chi connectivity index (χ1) is 6.69. The van der Waals surface area contributed by atoms with E-state index in [0.717, 1.165) is 5.92 Å². The maximum Gasteiger partial charge on any atom is 0.0218 e. The van der Waals surface area contributed by atoms with Crippen LogP contribution in [0.2, 0.25) is 0 Å². The highest BCUT2D eigenvalue weighted by Gasteiger charge is 2.24. The zero-order valence-electron chi connectivity index (χ0n) is 10.2. The lowest BCUT2D eigenvalue weighted by Gasteiger charge is -2.37. The Morgan fingerprint density at radius 3 is 2.36 bits per heavy atom. The van der Waals surface area contributed by atoms with Crippen molar-refractivity contribution < 1.29 is 0 Å². The van der Waals surface area contributed by atoms with Gasteiger partial charge in [-0.2, -0.15) is 0 Å². The topological polar surface area (TPSA) is 15.3 Å². The van der Waals surface area contributed by atoms with Crippen LogP contribution in [0.25, 0.3) is 0 Å². The lowest BCUT2D eigenvalue weighted by Crippen LogP contribution is -2.48. The standard InChI is InChI=1S/C12H26N2/c1-5-14(9-12-7-6-8-12)11(3)10(2)13-4/h10-13H,5-9H2,1-4H3. The highest BCUT2D eigenvalue weighted by molar-refractivity contribution is 4.80. The fourth-order valence-electron chi connectivity index (χ4n) is 2.15. The number of nitrogens with one attached hydrogen (secondary N) is 1. The van der Waals surface area contributed by atoms with Gasteiger partial charge in [0, 0.05) is 18.6 Å². The van der Waals surface area contributed by atoms with Crippen molar-refractivity contribution >= 4 is 0 Å². The van der Waals surface area contributed by atoms with Gasteiger partial charge in [0.25, 0.3) is 0 Å². The highest BCUT2D eigenvalue weighted by Crippen LogP contribution is 2.27. The quantitative estimate of drug-likeness (QED) is 0.703. The van der Waals surface area contributed by atoms with E-state index in [1.165, 1.54) is 32.4 Å². The van der Waals surface area contributed by atoms with Gasteiger partial charge >= 0.3 is 0 Å². The molecule has 1 aliphatic carbocycles. The molecule has 2 atom stereocenters. The summed E-state index contributed by atoms with van der Waals surface area (Å²) in [6.45, 7) is 9.38. The molecule has 1 fully saturated rings. The van der Waals surface area contributed by atoms with Crippen molar-refractivity contribution in [2.45, 2.75) is 52.1 Å². The predicted octanol–water partition coefficient (Wildman–Crippen LogP) is 2.10. The van der Waals surface area contributed by atoms with Crippen LogP contribution in [0.4, 0.5) is 0 Å². The Labute approximate surface area is 89.1 Å². The summed E-state index contributed by atoms with van der Waals surface area (Å²) < 4.78 is 0. The van der Waals surface area contributed by atoms with Crippen LogP contribution >= 0.6 is 0 Å². The SMILES string of the molecule is CCN(CC1CCC1)C(C)C(C)NC. The summed E-state index contributed by atoms with van der Waals surface area (Å²) in [5.41, 5.74) is 0. The lowest BCUT2D eigenvalue weighted by atomic mass is 9.84. The van der Waals surface area contributed by atoms with Crippen LogP contribution in [0.3, 0.4) is 0 Å². The summed E-state index contributed by atoms with van der Waals surface area (Å²) >= 11 is 0. The number of hydrogen-bond acceptors (Lipinski definition) is 2. The Morgan fingerprint density at radius 2 is 2.00 bits per heavy atom. The summed E-state index contributed by atoms with van der Waals surface area (Å²) in [5.74, 6) is 0.987. The van der Waals surface area contributed by atoms with Crippen LogP contribution in [0.15, 0.2) is 0 Å². The van der Waals surface area contributed by atoms with Crippen molar-refractivity contribution in [3.63, 3.8) is 0 Å². The van der Waals surface area contributed by atoms with E-state index in [2.05, 4.69) is 38.0 Å². The Kier molecular flexibility index (Phi) is 4.90. The molecule has 14 heavy (non-hydrogen) atoms. The third-order valence-electron chi connectivity index (χ3n) is 3.88. The van der Waals surface area contributed by atoms with Crippen molar-refractivity contribution in [3.05, 3.63) is 0 Å². The smallest absolute Gasteiger partial charge is 0.0218 e. The Bertz CT molecular complexity index is 154. The molecule has 0 aromatic carbocycles. The molecule has 84 valence electrons. The molecule has 1 saturated carbocycles. The van der Waals surface area contributed by atoms with E-state index >= 15 is 0 Å². The summed E-state index contributed by atoms with van der Waals surface area (Å²) in [4.78, 5) is 2.62. The minimum atomic E-state index is 0.593.